The van der Waals surface area contributed by atoms with Crippen LogP contribution >= 0.6 is 0 Å². The minimum absolute atomic E-state index is 0.178. The molecule has 5 nitrogen and oxygen atoms in total. The summed E-state index contributed by atoms with van der Waals surface area (Å²) < 4.78 is 5.45. The molecule has 1 saturated heterocycles. The first-order chi connectivity index (χ1) is 9.35. The number of amides is 1. The van der Waals surface area contributed by atoms with Crippen molar-refractivity contribution < 1.29 is 9.53 Å². The molecule has 0 saturated carbocycles. The third-order valence-electron chi connectivity index (χ3n) is 3.41. The second-order valence-electron chi connectivity index (χ2n) is 6.48. The van der Waals surface area contributed by atoms with Crippen molar-refractivity contribution in [3.05, 3.63) is 24.0 Å². The molecule has 1 aliphatic rings. The number of aromatic amines is 1. The van der Waals surface area contributed by atoms with E-state index < -0.39 is 5.60 Å². The fourth-order valence-corrected chi connectivity index (χ4v) is 2.48. The van der Waals surface area contributed by atoms with Crippen LogP contribution in [0, 0.1) is 0 Å². The molecule has 1 aliphatic heterocycles. The largest absolute Gasteiger partial charge is 0.444 e. The van der Waals surface area contributed by atoms with Crippen LogP contribution in [0.5, 0.6) is 0 Å². The van der Waals surface area contributed by atoms with Crippen molar-refractivity contribution in [1.82, 2.24) is 14.8 Å². The van der Waals surface area contributed by atoms with Crippen LogP contribution < -0.4 is 0 Å². The highest BCUT2D eigenvalue weighted by Crippen LogP contribution is 2.17. The Morgan fingerprint density at radius 2 is 2.20 bits per heavy atom. The van der Waals surface area contributed by atoms with E-state index in [0.29, 0.717) is 0 Å². The SMILES string of the molecule is C[C@@H]1CN(Cc2cc[nH]c2)CCN1C(=O)OC(C)(C)C. The number of nitrogens with one attached hydrogen (secondary N) is 1. The van der Waals surface area contributed by atoms with E-state index in [0.717, 1.165) is 26.2 Å². The van der Waals surface area contributed by atoms with Crippen molar-refractivity contribution in [2.75, 3.05) is 19.6 Å². The highest BCUT2D eigenvalue weighted by molar-refractivity contribution is 5.68. The Kier molecular flexibility index (Phi) is 4.38. The summed E-state index contributed by atoms with van der Waals surface area (Å²) in [6.45, 7) is 11.2. The second-order valence-corrected chi connectivity index (χ2v) is 6.48. The number of carbonyl (C=O) groups excluding carboxylic acids is 1. The molecule has 2 heterocycles. The summed E-state index contributed by atoms with van der Waals surface area (Å²) in [4.78, 5) is 19.4. The molecule has 1 aromatic rings. The third kappa shape index (κ3) is 4.00. The molecule has 112 valence electrons. The van der Waals surface area contributed by atoms with Crippen LogP contribution in [0.4, 0.5) is 4.79 Å². The Balaban J connectivity index is 1.87. The Hall–Kier alpha value is -1.49. The molecular weight excluding hydrogens is 254 g/mol. The molecule has 2 rings (SSSR count). The van der Waals surface area contributed by atoms with E-state index in [1.165, 1.54) is 5.56 Å². The first kappa shape index (κ1) is 14.9. The molecule has 20 heavy (non-hydrogen) atoms. The second kappa shape index (κ2) is 5.87. The molecule has 0 aliphatic carbocycles. The molecule has 0 aromatic carbocycles. The van der Waals surface area contributed by atoms with E-state index in [-0.39, 0.29) is 12.1 Å². The number of piperazine rings is 1. The number of H-pyrrole nitrogens is 1. The van der Waals surface area contributed by atoms with Crippen molar-refractivity contribution in [2.24, 2.45) is 0 Å². The number of hydrogen-bond donors (Lipinski definition) is 1. The molecular formula is C15H25N3O2. The van der Waals surface area contributed by atoms with E-state index in [2.05, 4.69) is 22.9 Å². The lowest BCUT2D eigenvalue weighted by molar-refractivity contribution is 0.000567. The van der Waals surface area contributed by atoms with Crippen molar-refractivity contribution >= 4 is 6.09 Å². The number of ether oxygens (including phenoxy) is 1. The predicted octanol–water partition coefficient (Wildman–Crippen LogP) is 2.46. The van der Waals surface area contributed by atoms with Gasteiger partial charge in [0, 0.05) is 44.6 Å². The fourth-order valence-electron chi connectivity index (χ4n) is 2.48. The molecule has 1 N–H and O–H groups in total. The lowest BCUT2D eigenvalue weighted by Crippen LogP contribution is -2.54. The van der Waals surface area contributed by atoms with Crippen LogP contribution in [0.1, 0.15) is 33.3 Å². The Morgan fingerprint density at radius 1 is 1.45 bits per heavy atom. The molecule has 0 unspecified atom stereocenters. The quantitative estimate of drug-likeness (QED) is 0.904. The van der Waals surface area contributed by atoms with Gasteiger partial charge in [-0.05, 0) is 39.3 Å². The van der Waals surface area contributed by atoms with Crippen molar-refractivity contribution in [1.29, 1.82) is 0 Å². The van der Waals surface area contributed by atoms with Gasteiger partial charge < -0.3 is 14.6 Å². The van der Waals surface area contributed by atoms with E-state index in [9.17, 15) is 4.79 Å². The monoisotopic (exact) mass is 279 g/mol. The lowest BCUT2D eigenvalue weighted by Gasteiger charge is -2.40. The zero-order chi connectivity index (χ0) is 14.8. The molecule has 1 fully saturated rings. The smallest absolute Gasteiger partial charge is 0.410 e. The van der Waals surface area contributed by atoms with Crippen LogP contribution in [0.15, 0.2) is 18.5 Å². The number of rotatable bonds is 2. The minimum Gasteiger partial charge on any atom is -0.444 e. The van der Waals surface area contributed by atoms with Crippen LogP contribution in [0.3, 0.4) is 0 Å². The normalized spacial score (nSPS) is 21.0. The number of aromatic nitrogens is 1. The van der Waals surface area contributed by atoms with E-state index in [1.807, 2.05) is 38.1 Å². The number of carbonyl (C=O) groups is 1. The van der Waals surface area contributed by atoms with Gasteiger partial charge in [-0.25, -0.2) is 4.79 Å². The van der Waals surface area contributed by atoms with Gasteiger partial charge in [0.05, 0.1) is 0 Å². The standard InChI is InChI=1S/C15H25N3O2/c1-12-10-17(11-13-5-6-16-9-13)7-8-18(12)14(19)20-15(2,3)4/h5-6,9,12,16H,7-8,10-11H2,1-4H3/t12-/m1/s1. The fraction of sp³-hybridized carbons (Fsp3) is 0.667. The molecule has 1 amide bonds. The lowest BCUT2D eigenvalue weighted by atomic mass is 10.1. The molecule has 1 aromatic heterocycles. The summed E-state index contributed by atoms with van der Waals surface area (Å²) in [5.41, 5.74) is 0.849. The van der Waals surface area contributed by atoms with Gasteiger partial charge in [0.2, 0.25) is 0 Å². The van der Waals surface area contributed by atoms with E-state index in [4.69, 9.17) is 4.74 Å². The molecule has 0 bridgehead atoms. The zero-order valence-electron chi connectivity index (χ0n) is 12.8. The Bertz CT molecular complexity index is 436. The summed E-state index contributed by atoms with van der Waals surface area (Å²) in [5.74, 6) is 0. The van der Waals surface area contributed by atoms with Gasteiger partial charge in [-0.2, -0.15) is 0 Å². The number of hydrogen-bond acceptors (Lipinski definition) is 3. The summed E-state index contributed by atoms with van der Waals surface area (Å²) in [7, 11) is 0. The maximum absolute atomic E-state index is 12.1. The molecule has 1 atom stereocenters. The minimum atomic E-state index is -0.431. The first-order valence-corrected chi connectivity index (χ1v) is 7.19. The average Bonchev–Trinajstić information content (AvgIpc) is 2.79. The highest BCUT2D eigenvalue weighted by Gasteiger charge is 2.30. The maximum Gasteiger partial charge on any atom is 0.410 e. The summed E-state index contributed by atoms with van der Waals surface area (Å²) in [5, 5.41) is 0. The van der Waals surface area contributed by atoms with Gasteiger partial charge in [0.1, 0.15) is 5.60 Å². The van der Waals surface area contributed by atoms with Gasteiger partial charge in [0.25, 0.3) is 0 Å². The molecule has 0 spiro atoms. The van der Waals surface area contributed by atoms with Crippen LogP contribution in [-0.2, 0) is 11.3 Å². The topological polar surface area (TPSA) is 48.6 Å². The third-order valence-corrected chi connectivity index (χ3v) is 3.41. The predicted molar refractivity (Wildman–Crippen MR) is 78.5 cm³/mol. The summed E-state index contributed by atoms with van der Waals surface area (Å²) >= 11 is 0. The van der Waals surface area contributed by atoms with Gasteiger partial charge in [-0.15, -0.1) is 0 Å². The van der Waals surface area contributed by atoms with Gasteiger partial charge in [0.15, 0.2) is 0 Å². The van der Waals surface area contributed by atoms with Crippen molar-refractivity contribution in [2.45, 2.75) is 45.9 Å². The van der Waals surface area contributed by atoms with Gasteiger partial charge in [-0.1, -0.05) is 0 Å². The Morgan fingerprint density at radius 3 is 2.75 bits per heavy atom. The molecule has 0 radical (unpaired) electrons. The van der Waals surface area contributed by atoms with Gasteiger partial charge in [-0.3, -0.25) is 4.90 Å². The molecule has 5 heteroatoms. The van der Waals surface area contributed by atoms with E-state index in [1.54, 1.807) is 0 Å². The maximum atomic E-state index is 12.1. The summed E-state index contributed by atoms with van der Waals surface area (Å²) in [6, 6.07) is 2.27. The number of nitrogens with zero attached hydrogens (tertiary/aromatic N) is 2. The average molecular weight is 279 g/mol. The van der Waals surface area contributed by atoms with Crippen molar-refractivity contribution in [3.8, 4) is 0 Å². The highest BCUT2D eigenvalue weighted by atomic mass is 16.6. The Labute approximate surface area is 120 Å². The first-order valence-electron chi connectivity index (χ1n) is 7.19. The van der Waals surface area contributed by atoms with E-state index >= 15 is 0 Å². The van der Waals surface area contributed by atoms with Crippen molar-refractivity contribution in [3.63, 3.8) is 0 Å². The van der Waals surface area contributed by atoms with Crippen LogP contribution in [-0.4, -0.2) is 52.2 Å². The summed E-state index contributed by atoms with van der Waals surface area (Å²) in [6.07, 6.45) is 3.76. The van der Waals surface area contributed by atoms with Gasteiger partial charge >= 0.3 is 6.09 Å². The van der Waals surface area contributed by atoms with Crippen LogP contribution in [0.25, 0.3) is 0 Å². The zero-order valence-corrected chi connectivity index (χ0v) is 12.8. The van der Waals surface area contributed by atoms with Crippen LogP contribution in [0.2, 0.25) is 0 Å².